The van der Waals surface area contributed by atoms with Gasteiger partial charge < -0.3 is 10.0 Å². The average Bonchev–Trinajstić information content (AvgIpc) is 2.60. The van der Waals surface area contributed by atoms with Crippen molar-refractivity contribution in [2.24, 2.45) is 5.92 Å². The van der Waals surface area contributed by atoms with Gasteiger partial charge in [0.1, 0.15) is 0 Å². The van der Waals surface area contributed by atoms with Gasteiger partial charge in [-0.1, -0.05) is 31.5 Å². The van der Waals surface area contributed by atoms with E-state index in [0.717, 1.165) is 25.8 Å². The predicted octanol–water partition coefficient (Wildman–Crippen LogP) is 2.96. The number of carboxylic acid groups (broad SMARTS) is 1. The SMILES string of the molecule is CC1CCCC(C)N(C(=O)Cc2ccccc2C(=O)O)C1. The fourth-order valence-corrected chi connectivity index (χ4v) is 3.02. The van der Waals surface area contributed by atoms with Gasteiger partial charge in [-0.05, 0) is 37.3 Å². The maximum atomic E-state index is 12.6. The molecule has 1 N–H and O–H groups in total. The monoisotopic (exact) mass is 289 g/mol. The summed E-state index contributed by atoms with van der Waals surface area (Å²) in [7, 11) is 0. The fourth-order valence-electron chi connectivity index (χ4n) is 3.02. The minimum atomic E-state index is -0.976. The van der Waals surface area contributed by atoms with E-state index in [1.54, 1.807) is 24.3 Å². The molecule has 1 aliphatic rings. The highest BCUT2D eigenvalue weighted by Crippen LogP contribution is 2.22. The Morgan fingerprint density at radius 1 is 1.24 bits per heavy atom. The van der Waals surface area contributed by atoms with E-state index < -0.39 is 5.97 Å². The van der Waals surface area contributed by atoms with Crippen molar-refractivity contribution >= 4 is 11.9 Å². The van der Waals surface area contributed by atoms with Gasteiger partial charge in [0.15, 0.2) is 0 Å². The summed E-state index contributed by atoms with van der Waals surface area (Å²) in [5, 5.41) is 9.20. The zero-order chi connectivity index (χ0) is 15.4. The molecule has 1 fully saturated rings. The second-order valence-electron chi connectivity index (χ2n) is 6.07. The van der Waals surface area contributed by atoms with E-state index in [1.165, 1.54) is 0 Å². The molecule has 4 heteroatoms. The molecule has 0 saturated carbocycles. The Bertz CT molecular complexity index is 527. The lowest BCUT2D eigenvalue weighted by Gasteiger charge is -2.29. The van der Waals surface area contributed by atoms with E-state index in [9.17, 15) is 14.7 Å². The van der Waals surface area contributed by atoms with E-state index in [-0.39, 0.29) is 23.9 Å². The highest BCUT2D eigenvalue weighted by molar-refractivity contribution is 5.91. The van der Waals surface area contributed by atoms with E-state index in [0.29, 0.717) is 11.5 Å². The molecule has 1 aromatic rings. The van der Waals surface area contributed by atoms with Crippen molar-refractivity contribution in [1.82, 2.24) is 4.90 Å². The molecule has 1 saturated heterocycles. The minimum absolute atomic E-state index is 0.0324. The molecule has 0 aromatic heterocycles. The third-order valence-electron chi connectivity index (χ3n) is 4.27. The predicted molar refractivity (Wildman–Crippen MR) is 81.3 cm³/mol. The second kappa shape index (κ2) is 6.74. The molecule has 0 bridgehead atoms. The summed E-state index contributed by atoms with van der Waals surface area (Å²) < 4.78 is 0. The average molecular weight is 289 g/mol. The number of aromatic carboxylic acids is 1. The Morgan fingerprint density at radius 2 is 1.95 bits per heavy atom. The van der Waals surface area contributed by atoms with Crippen molar-refractivity contribution in [3.63, 3.8) is 0 Å². The smallest absolute Gasteiger partial charge is 0.335 e. The molecular formula is C17H23NO3. The highest BCUT2D eigenvalue weighted by atomic mass is 16.4. The molecule has 1 heterocycles. The van der Waals surface area contributed by atoms with E-state index in [1.807, 2.05) is 4.90 Å². The number of carbonyl (C=O) groups excluding carboxylic acids is 1. The van der Waals surface area contributed by atoms with Gasteiger partial charge in [0.25, 0.3) is 0 Å². The summed E-state index contributed by atoms with van der Waals surface area (Å²) >= 11 is 0. The first kappa shape index (κ1) is 15.5. The number of hydrogen-bond donors (Lipinski definition) is 1. The number of nitrogens with zero attached hydrogens (tertiary/aromatic N) is 1. The van der Waals surface area contributed by atoms with Crippen LogP contribution in [0, 0.1) is 5.92 Å². The molecule has 0 aliphatic carbocycles. The van der Waals surface area contributed by atoms with Crippen molar-refractivity contribution < 1.29 is 14.7 Å². The first-order valence-electron chi connectivity index (χ1n) is 7.59. The van der Waals surface area contributed by atoms with E-state index >= 15 is 0 Å². The van der Waals surface area contributed by atoms with Crippen LogP contribution in [0.1, 0.15) is 49.0 Å². The van der Waals surface area contributed by atoms with Gasteiger partial charge in [0.05, 0.1) is 12.0 Å². The number of amides is 1. The maximum Gasteiger partial charge on any atom is 0.335 e. The third-order valence-corrected chi connectivity index (χ3v) is 4.27. The summed E-state index contributed by atoms with van der Waals surface area (Å²) in [5.41, 5.74) is 0.820. The fraction of sp³-hybridized carbons (Fsp3) is 0.529. The van der Waals surface area contributed by atoms with Crippen molar-refractivity contribution in [3.8, 4) is 0 Å². The van der Waals surface area contributed by atoms with Gasteiger partial charge in [-0.15, -0.1) is 0 Å². The molecule has 114 valence electrons. The van der Waals surface area contributed by atoms with Crippen LogP contribution >= 0.6 is 0 Å². The van der Waals surface area contributed by atoms with Crippen LogP contribution in [0.5, 0.6) is 0 Å². The van der Waals surface area contributed by atoms with E-state index in [4.69, 9.17) is 0 Å². The summed E-state index contributed by atoms with van der Waals surface area (Å²) in [5.74, 6) is -0.436. The summed E-state index contributed by atoms with van der Waals surface area (Å²) in [6, 6.07) is 6.99. The van der Waals surface area contributed by atoms with Crippen molar-refractivity contribution in [2.45, 2.75) is 45.6 Å². The van der Waals surface area contributed by atoms with Crippen LogP contribution in [0.4, 0.5) is 0 Å². The largest absolute Gasteiger partial charge is 0.478 e. The lowest BCUT2D eigenvalue weighted by atomic mass is 10.0. The van der Waals surface area contributed by atoms with Gasteiger partial charge in [-0.2, -0.15) is 0 Å². The van der Waals surface area contributed by atoms with E-state index in [2.05, 4.69) is 13.8 Å². The lowest BCUT2D eigenvalue weighted by Crippen LogP contribution is -2.40. The van der Waals surface area contributed by atoms with Crippen LogP contribution in [0.15, 0.2) is 24.3 Å². The third kappa shape index (κ3) is 3.84. The first-order valence-corrected chi connectivity index (χ1v) is 7.59. The van der Waals surface area contributed by atoms with Gasteiger partial charge in [-0.3, -0.25) is 4.79 Å². The molecule has 0 spiro atoms. The Kier molecular flexibility index (Phi) is 4.99. The highest BCUT2D eigenvalue weighted by Gasteiger charge is 2.25. The normalized spacial score (nSPS) is 22.7. The first-order chi connectivity index (χ1) is 9.99. The molecule has 2 unspecified atom stereocenters. The number of hydrogen-bond acceptors (Lipinski definition) is 2. The Balaban J connectivity index is 2.15. The number of carbonyl (C=O) groups is 2. The van der Waals surface area contributed by atoms with Gasteiger partial charge >= 0.3 is 5.97 Å². The molecule has 4 nitrogen and oxygen atoms in total. The molecule has 0 radical (unpaired) electrons. The topological polar surface area (TPSA) is 57.6 Å². The lowest BCUT2D eigenvalue weighted by molar-refractivity contribution is -0.132. The molecular weight excluding hydrogens is 266 g/mol. The van der Waals surface area contributed by atoms with Gasteiger partial charge in [0.2, 0.25) is 5.91 Å². The van der Waals surface area contributed by atoms with Crippen molar-refractivity contribution in [1.29, 1.82) is 0 Å². The zero-order valence-corrected chi connectivity index (χ0v) is 12.7. The minimum Gasteiger partial charge on any atom is -0.478 e. The van der Waals surface area contributed by atoms with Crippen LogP contribution in [0.2, 0.25) is 0 Å². The quantitative estimate of drug-likeness (QED) is 0.930. The van der Waals surface area contributed by atoms with Crippen LogP contribution in [-0.4, -0.2) is 34.5 Å². The van der Waals surface area contributed by atoms with Crippen LogP contribution < -0.4 is 0 Å². The number of likely N-dealkylation sites (tertiary alicyclic amines) is 1. The van der Waals surface area contributed by atoms with Crippen molar-refractivity contribution in [3.05, 3.63) is 35.4 Å². The Labute approximate surface area is 125 Å². The summed E-state index contributed by atoms with van der Waals surface area (Å²) in [4.78, 5) is 25.7. The standard InChI is InChI=1S/C17H23NO3/c1-12-6-5-7-13(2)18(11-12)16(19)10-14-8-3-4-9-15(14)17(20)21/h3-4,8-9,12-13H,5-7,10-11H2,1-2H3,(H,20,21). The molecule has 1 aromatic carbocycles. The number of carboxylic acids is 1. The Hall–Kier alpha value is -1.84. The molecule has 1 aliphatic heterocycles. The Morgan fingerprint density at radius 3 is 2.67 bits per heavy atom. The zero-order valence-electron chi connectivity index (χ0n) is 12.7. The molecule has 21 heavy (non-hydrogen) atoms. The van der Waals surface area contributed by atoms with Crippen LogP contribution in [0.3, 0.4) is 0 Å². The number of benzene rings is 1. The molecule has 1 amide bonds. The van der Waals surface area contributed by atoms with Gasteiger partial charge in [0, 0.05) is 12.6 Å². The summed E-state index contributed by atoms with van der Waals surface area (Å²) in [6.45, 7) is 5.03. The van der Waals surface area contributed by atoms with Crippen molar-refractivity contribution in [2.75, 3.05) is 6.54 Å². The maximum absolute atomic E-state index is 12.6. The van der Waals surface area contributed by atoms with Crippen LogP contribution in [-0.2, 0) is 11.2 Å². The molecule has 2 rings (SSSR count). The molecule has 2 atom stereocenters. The second-order valence-corrected chi connectivity index (χ2v) is 6.07. The summed E-state index contributed by atoms with van der Waals surface area (Å²) in [6.07, 6.45) is 3.49. The van der Waals surface area contributed by atoms with Gasteiger partial charge in [-0.25, -0.2) is 4.79 Å². The van der Waals surface area contributed by atoms with Crippen LogP contribution in [0.25, 0.3) is 0 Å². The number of rotatable bonds is 3.